The maximum Gasteiger partial charge on any atom is 0.298 e. The number of rotatable bonds is 8. The largest absolute Gasteiger partial charge is 0.423 e. The van der Waals surface area contributed by atoms with Gasteiger partial charge in [-0.15, -0.1) is 0 Å². The number of allylic oxidation sites excluding steroid dienone is 3. The molecule has 39 heavy (non-hydrogen) atoms. The summed E-state index contributed by atoms with van der Waals surface area (Å²) in [6.45, 7) is 8.98. The van der Waals surface area contributed by atoms with Crippen molar-refractivity contribution in [2.75, 3.05) is 42.3 Å². The summed E-state index contributed by atoms with van der Waals surface area (Å²) in [5.41, 5.74) is 11.8. The molecule has 0 atom stereocenters. The van der Waals surface area contributed by atoms with Crippen molar-refractivity contribution < 1.29 is 13.9 Å². The zero-order valence-corrected chi connectivity index (χ0v) is 22.5. The van der Waals surface area contributed by atoms with Crippen LogP contribution >= 0.6 is 0 Å². The number of benzene rings is 1. The Morgan fingerprint density at radius 3 is 2.67 bits per heavy atom. The number of aromatic nitrogens is 3. The van der Waals surface area contributed by atoms with Gasteiger partial charge in [-0.2, -0.15) is 4.98 Å². The van der Waals surface area contributed by atoms with Crippen molar-refractivity contribution in [3.05, 3.63) is 77.3 Å². The molecule has 1 saturated heterocycles. The zero-order chi connectivity index (χ0) is 27.4. The normalized spacial score (nSPS) is 14.6. The van der Waals surface area contributed by atoms with E-state index in [0.29, 0.717) is 53.6 Å². The van der Waals surface area contributed by atoms with Gasteiger partial charge >= 0.3 is 0 Å². The Bertz CT molecular complexity index is 1520. The molecule has 4 N–H and O–H groups in total. The first kappa shape index (κ1) is 26.2. The molecule has 1 fully saturated rings. The number of hydrogen-bond acceptors (Lipinski definition) is 7. The Morgan fingerprint density at radius 1 is 1.15 bits per heavy atom. The number of morpholine rings is 1. The molecule has 9 nitrogen and oxygen atoms in total. The Balaban J connectivity index is 1.45. The molecular formula is C30H34N6O3. The van der Waals surface area contributed by atoms with E-state index in [0.717, 1.165) is 41.7 Å². The lowest BCUT2D eigenvalue weighted by atomic mass is 10.00. The lowest BCUT2D eigenvalue weighted by molar-refractivity contribution is 0.102. The maximum absolute atomic E-state index is 13.4. The third kappa shape index (κ3) is 5.88. The molecule has 0 saturated carbocycles. The van der Waals surface area contributed by atoms with Crippen LogP contribution in [0.3, 0.4) is 0 Å². The molecule has 4 aromatic rings. The van der Waals surface area contributed by atoms with Crippen LogP contribution in [-0.4, -0.2) is 47.2 Å². The topological polar surface area (TPSA) is 122 Å². The molecule has 0 aliphatic carbocycles. The number of anilines is 3. The molecule has 3 aromatic heterocycles. The quantitative estimate of drug-likeness (QED) is 0.258. The fraction of sp³-hybridized carbons (Fsp3) is 0.300. The highest BCUT2D eigenvalue weighted by atomic mass is 16.5. The van der Waals surface area contributed by atoms with Crippen LogP contribution in [0, 0.1) is 5.92 Å². The summed E-state index contributed by atoms with van der Waals surface area (Å²) in [5.74, 6) is 0.623. The van der Waals surface area contributed by atoms with E-state index in [4.69, 9.17) is 19.9 Å². The fourth-order valence-electron chi connectivity index (χ4n) is 4.64. The third-order valence-corrected chi connectivity index (χ3v) is 6.54. The van der Waals surface area contributed by atoms with Crippen molar-refractivity contribution in [2.24, 2.45) is 5.92 Å². The second-order valence-corrected chi connectivity index (χ2v) is 9.94. The number of carbonyl (C=O) groups is 1. The molecule has 5 rings (SSSR count). The monoisotopic (exact) mass is 526 g/mol. The predicted molar refractivity (Wildman–Crippen MR) is 156 cm³/mol. The van der Waals surface area contributed by atoms with Crippen LogP contribution < -0.4 is 16.0 Å². The Kier molecular flexibility index (Phi) is 7.79. The molecule has 0 bridgehead atoms. The highest BCUT2D eigenvalue weighted by Crippen LogP contribution is 2.32. The number of nitrogens with two attached hydrogens (primary N) is 1. The van der Waals surface area contributed by atoms with Gasteiger partial charge in [-0.3, -0.25) is 4.79 Å². The molecule has 1 aliphatic rings. The average molecular weight is 527 g/mol. The number of nitrogens with zero attached hydrogens (tertiary/aromatic N) is 3. The summed E-state index contributed by atoms with van der Waals surface area (Å²) in [6, 6.07) is 11.7. The van der Waals surface area contributed by atoms with Gasteiger partial charge in [-0.1, -0.05) is 32.1 Å². The molecule has 0 radical (unpaired) electrons. The van der Waals surface area contributed by atoms with Gasteiger partial charge in [-0.25, -0.2) is 4.98 Å². The number of H-pyrrole nitrogens is 1. The average Bonchev–Trinajstić information content (AvgIpc) is 3.56. The molecule has 0 unspecified atom stereocenters. The van der Waals surface area contributed by atoms with E-state index in [1.807, 2.05) is 55.5 Å². The number of aromatic amines is 1. The highest BCUT2D eigenvalue weighted by Gasteiger charge is 2.22. The molecular weight excluding hydrogens is 492 g/mol. The van der Waals surface area contributed by atoms with Gasteiger partial charge in [0.15, 0.2) is 5.58 Å². The smallest absolute Gasteiger partial charge is 0.298 e. The van der Waals surface area contributed by atoms with Gasteiger partial charge in [0, 0.05) is 41.7 Å². The van der Waals surface area contributed by atoms with Gasteiger partial charge in [0.05, 0.1) is 18.9 Å². The summed E-state index contributed by atoms with van der Waals surface area (Å²) in [7, 11) is 0. The maximum atomic E-state index is 13.4. The third-order valence-electron chi connectivity index (χ3n) is 6.54. The molecule has 9 heteroatoms. The van der Waals surface area contributed by atoms with E-state index in [1.54, 1.807) is 12.3 Å². The van der Waals surface area contributed by atoms with Crippen LogP contribution in [0.5, 0.6) is 0 Å². The van der Waals surface area contributed by atoms with E-state index in [-0.39, 0.29) is 5.91 Å². The van der Waals surface area contributed by atoms with Gasteiger partial charge in [0.25, 0.3) is 11.9 Å². The minimum atomic E-state index is -0.296. The first-order valence-electron chi connectivity index (χ1n) is 13.2. The van der Waals surface area contributed by atoms with Gasteiger partial charge in [-0.05, 0) is 55.7 Å². The fourth-order valence-corrected chi connectivity index (χ4v) is 4.64. The van der Waals surface area contributed by atoms with Crippen LogP contribution in [-0.2, 0) is 11.2 Å². The zero-order valence-electron chi connectivity index (χ0n) is 22.5. The summed E-state index contributed by atoms with van der Waals surface area (Å²) in [4.78, 5) is 27.9. The van der Waals surface area contributed by atoms with Crippen LogP contribution in [0.15, 0.2) is 59.2 Å². The molecule has 4 heterocycles. The van der Waals surface area contributed by atoms with Crippen molar-refractivity contribution in [2.45, 2.75) is 27.2 Å². The summed E-state index contributed by atoms with van der Waals surface area (Å²) >= 11 is 0. The number of carbonyl (C=O) groups excluding carboxylic acids is 1. The molecule has 1 aliphatic heterocycles. The van der Waals surface area contributed by atoms with Gasteiger partial charge in [0.1, 0.15) is 17.0 Å². The van der Waals surface area contributed by atoms with Crippen LogP contribution in [0.25, 0.3) is 22.7 Å². The number of ether oxygens (including phenoxy) is 1. The lowest BCUT2D eigenvalue weighted by Crippen LogP contribution is -2.36. The van der Waals surface area contributed by atoms with Crippen molar-refractivity contribution in [3.63, 3.8) is 0 Å². The number of amides is 1. The van der Waals surface area contributed by atoms with Gasteiger partial charge < -0.3 is 30.1 Å². The van der Waals surface area contributed by atoms with Crippen molar-refractivity contribution in [3.8, 4) is 0 Å². The Morgan fingerprint density at radius 2 is 1.95 bits per heavy atom. The number of hydrogen-bond donors (Lipinski definition) is 3. The second-order valence-electron chi connectivity index (χ2n) is 9.94. The summed E-state index contributed by atoms with van der Waals surface area (Å²) in [5, 5.41) is 3.08. The van der Waals surface area contributed by atoms with E-state index >= 15 is 0 Å². The van der Waals surface area contributed by atoms with E-state index in [2.05, 4.69) is 34.0 Å². The molecule has 1 aromatic carbocycles. The number of fused-ring (bicyclic) bond motifs is 1. The minimum absolute atomic E-state index is 0.296. The SMILES string of the molecule is CC=CC(=Cc1cc[nH]c1N)c1cccc(C(=O)Nc2ccc3nc(N4CCOCC4)oc3c2CC(C)C)n1. The standard InChI is InChI=1S/C30H34N6O3/c1-4-6-20(18-21-11-12-32-28(21)31)23-7-5-8-26(33-23)29(37)34-24-9-10-25-27(22(24)17-19(2)3)39-30(35-25)36-13-15-38-16-14-36/h4-12,18-19,32H,13-17,31H2,1-3H3,(H,34,37). The number of pyridine rings is 1. The van der Waals surface area contributed by atoms with Crippen LogP contribution in [0.1, 0.15) is 48.1 Å². The van der Waals surface area contributed by atoms with E-state index in [9.17, 15) is 4.79 Å². The van der Waals surface area contributed by atoms with E-state index < -0.39 is 0 Å². The van der Waals surface area contributed by atoms with Crippen LogP contribution in [0.2, 0.25) is 0 Å². The Labute approximate surface area is 227 Å². The highest BCUT2D eigenvalue weighted by molar-refractivity contribution is 6.05. The first-order valence-corrected chi connectivity index (χ1v) is 13.2. The van der Waals surface area contributed by atoms with Crippen molar-refractivity contribution in [1.29, 1.82) is 0 Å². The first-order chi connectivity index (χ1) is 18.9. The summed E-state index contributed by atoms with van der Waals surface area (Å²) in [6.07, 6.45) is 8.33. The lowest BCUT2D eigenvalue weighted by Gasteiger charge is -2.24. The Hall–Kier alpha value is -4.37. The van der Waals surface area contributed by atoms with Crippen molar-refractivity contribution >= 4 is 46.2 Å². The van der Waals surface area contributed by atoms with Crippen LogP contribution in [0.4, 0.5) is 17.5 Å². The van der Waals surface area contributed by atoms with Crippen molar-refractivity contribution in [1.82, 2.24) is 15.0 Å². The minimum Gasteiger partial charge on any atom is -0.423 e. The number of nitrogens with one attached hydrogen (secondary N) is 2. The number of nitrogen functional groups attached to an aromatic ring is 1. The van der Waals surface area contributed by atoms with Gasteiger partial charge in [0.2, 0.25) is 0 Å². The molecule has 1 amide bonds. The molecule has 202 valence electrons. The molecule has 0 spiro atoms. The second kappa shape index (κ2) is 11.6. The number of oxazole rings is 1. The van der Waals surface area contributed by atoms with E-state index in [1.165, 1.54) is 0 Å². The predicted octanol–water partition coefficient (Wildman–Crippen LogP) is 5.54. The summed E-state index contributed by atoms with van der Waals surface area (Å²) < 4.78 is 11.7.